The molecule has 0 radical (unpaired) electrons. The van der Waals surface area contributed by atoms with Gasteiger partial charge in [0.1, 0.15) is 9.84 Å². The molecule has 0 aliphatic heterocycles. The predicted octanol–water partition coefficient (Wildman–Crippen LogP) is 1.75. The Morgan fingerprint density at radius 1 is 1.27 bits per heavy atom. The van der Waals surface area contributed by atoms with E-state index in [9.17, 15) is 13.5 Å². The van der Waals surface area contributed by atoms with Crippen molar-refractivity contribution < 1.29 is 13.5 Å². The van der Waals surface area contributed by atoms with E-state index < -0.39 is 15.9 Å². The fourth-order valence-electron chi connectivity index (χ4n) is 2.28. The number of hydrogen-bond acceptors (Lipinski definition) is 3. The summed E-state index contributed by atoms with van der Waals surface area (Å²) < 4.78 is 21.8. The van der Waals surface area contributed by atoms with Gasteiger partial charge in [-0.2, -0.15) is 0 Å². The Labute approximate surface area is 92.8 Å². The first-order valence-electron chi connectivity index (χ1n) is 5.83. The van der Waals surface area contributed by atoms with Crippen LogP contribution in [-0.2, 0) is 9.84 Å². The molecule has 3 nitrogen and oxygen atoms in total. The van der Waals surface area contributed by atoms with Gasteiger partial charge in [-0.3, -0.25) is 0 Å². The topological polar surface area (TPSA) is 54.4 Å². The van der Waals surface area contributed by atoms with Crippen molar-refractivity contribution in [3.8, 4) is 0 Å². The van der Waals surface area contributed by atoms with Crippen LogP contribution < -0.4 is 0 Å². The molecule has 0 bridgehead atoms. The zero-order valence-corrected chi connectivity index (χ0v) is 10.3. The molecular weight excluding hydrogens is 212 g/mol. The van der Waals surface area contributed by atoms with E-state index in [0.717, 1.165) is 6.42 Å². The molecule has 0 aromatic carbocycles. The molecule has 1 N–H and O–H groups in total. The maximum Gasteiger partial charge on any atom is 0.147 e. The second kappa shape index (κ2) is 5.85. The Balaban J connectivity index is 2.20. The Morgan fingerprint density at radius 3 is 2.40 bits per heavy atom. The lowest BCUT2D eigenvalue weighted by Crippen LogP contribution is -2.19. The van der Waals surface area contributed by atoms with E-state index in [0.29, 0.717) is 12.3 Å². The highest BCUT2D eigenvalue weighted by molar-refractivity contribution is 7.90. The molecule has 0 aromatic heterocycles. The SMILES string of the molecule is CS(=O)(=O)CCC(O)CC1CCCCC1. The number of aliphatic hydroxyl groups is 1. The van der Waals surface area contributed by atoms with Gasteiger partial charge in [-0.25, -0.2) is 8.42 Å². The minimum atomic E-state index is -2.92. The van der Waals surface area contributed by atoms with Crippen LogP contribution in [0.2, 0.25) is 0 Å². The zero-order valence-electron chi connectivity index (χ0n) is 9.48. The summed E-state index contributed by atoms with van der Waals surface area (Å²) in [4.78, 5) is 0. The Kier molecular flexibility index (Phi) is 5.06. The van der Waals surface area contributed by atoms with Gasteiger partial charge in [-0.15, -0.1) is 0 Å². The van der Waals surface area contributed by atoms with Crippen molar-refractivity contribution >= 4 is 9.84 Å². The van der Waals surface area contributed by atoms with E-state index in [2.05, 4.69) is 0 Å². The first-order chi connectivity index (χ1) is 6.97. The van der Waals surface area contributed by atoms with Gasteiger partial charge >= 0.3 is 0 Å². The summed E-state index contributed by atoms with van der Waals surface area (Å²) in [6.07, 6.45) is 8.24. The number of hydrogen-bond donors (Lipinski definition) is 1. The van der Waals surface area contributed by atoms with Crippen LogP contribution in [0.5, 0.6) is 0 Å². The van der Waals surface area contributed by atoms with Crippen LogP contribution >= 0.6 is 0 Å². The zero-order chi connectivity index (χ0) is 11.3. The first kappa shape index (κ1) is 13.0. The summed E-state index contributed by atoms with van der Waals surface area (Å²) >= 11 is 0. The van der Waals surface area contributed by atoms with Crippen molar-refractivity contribution in [2.45, 2.75) is 51.0 Å². The maximum absolute atomic E-state index is 10.9. The summed E-state index contributed by atoms with van der Waals surface area (Å²) in [5, 5.41) is 9.70. The Hall–Kier alpha value is -0.0900. The van der Waals surface area contributed by atoms with Gasteiger partial charge in [0.25, 0.3) is 0 Å². The third-order valence-corrected chi connectivity index (χ3v) is 4.13. The molecule has 0 aromatic rings. The van der Waals surface area contributed by atoms with Crippen molar-refractivity contribution in [3.05, 3.63) is 0 Å². The van der Waals surface area contributed by atoms with Crippen molar-refractivity contribution in [1.29, 1.82) is 0 Å². The molecule has 0 heterocycles. The highest BCUT2D eigenvalue weighted by Gasteiger charge is 2.18. The van der Waals surface area contributed by atoms with E-state index in [1.165, 1.54) is 38.4 Å². The van der Waals surface area contributed by atoms with Crippen molar-refractivity contribution in [2.24, 2.45) is 5.92 Å². The van der Waals surface area contributed by atoms with Crippen LogP contribution in [0.15, 0.2) is 0 Å². The minimum Gasteiger partial charge on any atom is -0.393 e. The van der Waals surface area contributed by atoms with Crippen LogP contribution in [0.3, 0.4) is 0 Å². The van der Waals surface area contributed by atoms with E-state index in [4.69, 9.17) is 0 Å². The van der Waals surface area contributed by atoms with Crippen molar-refractivity contribution in [2.75, 3.05) is 12.0 Å². The fraction of sp³-hybridized carbons (Fsp3) is 1.00. The first-order valence-corrected chi connectivity index (χ1v) is 7.89. The lowest BCUT2D eigenvalue weighted by Gasteiger charge is -2.23. The van der Waals surface area contributed by atoms with Gasteiger partial charge in [-0.05, 0) is 18.8 Å². The molecule has 1 atom stereocenters. The van der Waals surface area contributed by atoms with E-state index in [1.807, 2.05) is 0 Å². The third-order valence-electron chi connectivity index (χ3n) is 3.15. The molecule has 1 aliphatic rings. The van der Waals surface area contributed by atoms with Crippen LogP contribution in [0.25, 0.3) is 0 Å². The van der Waals surface area contributed by atoms with Crippen molar-refractivity contribution in [3.63, 3.8) is 0 Å². The average molecular weight is 234 g/mol. The summed E-state index contributed by atoms with van der Waals surface area (Å²) in [5.41, 5.74) is 0. The Morgan fingerprint density at radius 2 is 1.87 bits per heavy atom. The summed E-state index contributed by atoms with van der Waals surface area (Å²) in [5.74, 6) is 0.731. The van der Waals surface area contributed by atoms with Crippen LogP contribution in [0.1, 0.15) is 44.9 Å². The molecule has 1 aliphatic carbocycles. The van der Waals surface area contributed by atoms with Gasteiger partial charge in [-0.1, -0.05) is 32.1 Å². The molecule has 15 heavy (non-hydrogen) atoms. The monoisotopic (exact) mass is 234 g/mol. The predicted molar refractivity (Wildman–Crippen MR) is 61.5 cm³/mol. The van der Waals surface area contributed by atoms with Crippen molar-refractivity contribution in [1.82, 2.24) is 0 Å². The van der Waals surface area contributed by atoms with E-state index in [1.54, 1.807) is 0 Å². The second-order valence-corrected chi connectivity index (χ2v) is 7.07. The maximum atomic E-state index is 10.9. The quantitative estimate of drug-likeness (QED) is 0.788. The smallest absolute Gasteiger partial charge is 0.147 e. The van der Waals surface area contributed by atoms with Crippen LogP contribution in [-0.4, -0.2) is 31.6 Å². The molecule has 0 amide bonds. The standard InChI is InChI=1S/C11H22O3S/c1-15(13,14)8-7-11(12)9-10-5-3-2-4-6-10/h10-12H,2-9H2,1H3. The summed E-state index contributed by atoms with van der Waals surface area (Å²) in [6, 6.07) is 0. The van der Waals surface area contributed by atoms with E-state index in [-0.39, 0.29) is 5.75 Å². The number of sulfone groups is 1. The normalized spacial score (nSPS) is 21.5. The Bertz CT molecular complexity index is 266. The molecular formula is C11H22O3S. The summed E-state index contributed by atoms with van der Waals surface area (Å²) in [6.45, 7) is 0. The van der Waals surface area contributed by atoms with Gasteiger partial charge in [0.2, 0.25) is 0 Å². The largest absolute Gasteiger partial charge is 0.393 e. The minimum absolute atomic E-state index is 0.112. The lowest BCUT2D eigenvalue weighted by atomic mass is 9.85. The average Bonchev–Trinajstić information content (AvgIpc) is 2.15. The molecule has 1 rings (SSSR count). The lowest BCUT2D eigenvalue weighted by molar-refractivity contribution is 0.127. The summed E-state index contributed by atoms with van der Waals surface area (Å²) in [7, 11) is -2.92. The van der Waals surface area contributed by atoms with Gasteiger partial charge in [0.05, 0.1) is 11.9 Å². The highest BCUT2D eigenvalue weighted by atomic mass is 32.2. The van der Waals surface area contributed by atoms with Crippen LogP contribution in [0.4, 0.5) is 0 Å². The number of aliphatic hydroxyl groups excluding tert-OH is 1. The van der Waals surface area contributed by atoms with Gasteiger partial charge in [0.15, 0.2) is 0 Å². The van der Waals surface area contributed by atoms with Crippen LogP contribution in [0, 0.1) is 5.92 Å². The molecule has 0 spiro atoms. The second-order valence-electron chi connectivity index (χ2n) is 4.81. The highest BCUT2D eigenvalue weighted by Crippen LogP contribution is 2.27. The molecule has 1 fully saturated rings. The number of rotatable bonds is 5. The molecule has 90 valence electrons. The third kappa shape index (κ3) is 6.15. The van der Waals surface area contributed by atoms with E-state index >= 15 is 0 Å². The van der Waals surface area contributed by atoms with Gasteiger partial charge in [0, 0.05) is 6.26 Å². The van der Waals surface area contributed by atoms with Gasteiger partial charge < -0.3 is 5.11 Å². The molecule has 1 unspecified atom stereocenters. The molecule has 1 saturated carbocycles. The fourth-order valence-corrected chi connectivity index (χ4v) is 2.98. The molecule has 4 heteroatoms. The molecule has 0 saturated heterocycles.